The van der Waals surface area contributed by atoms with Gasteiger partial charge in [0.15, 0.2) is 17.6 Å². The highest BCUT2D eigenvalue weighted by molar-refractivity contribution is 6.16. The fourth-order valence-electron chi connectivity index (χ4n) is 10.3. The summed E-state index contributed by atoms with van der Waals surface area (Å²) in [4.78, 5) is 28.3. The number of hydrogen-bond donors (Lipinski definition) is 2. The summed E-state index contributed by atoms with van der Waals surface area (Å²) in [5.41, 5.74) is -1.91. The summed E-state index contributed by atoms with van der Waals surface area (Å²) < 4.78 is 13.0. The van der Waals surface area contributed by atoms with E-state index in [2.05, 4.69) is 52.6 Å². The molecule has 3 aliphatic carbocycles. The number of epoxide rings is 1. The molecule has 7 aliphatic rings. The van der Waals surface area contributed by atoms with Gasteiger partial charge in [0.2, 0.25) is 5.60 Å². The average Bonchev–Trinajstić information content (AvgIpc) is 3.50. The number of hydrogen-bond acceptors (Lipinski definition) is 5. The molecule has 1 amide bonds. The monoisotopic (exact) mass is 950 g/mol. The molecule has 12 atom stereocenters. The number of carbonyl (C=O) groups excluding carboxylic acids is 2. The highest BCUT2D eigenvalue weighted by Crippen LogP contribution is 2.69. The average molecular weight is 951 g/mol. The largest absolute Gasteiger partial charge is 0.490 e. The van der Waals surface area contributed by atoms with Gasteiger partial charge in [0.25, 0.3) is 5.91 Å². The Kier molecular flexibility index (Phi) is 90.6. The second-order valence-electron chi connectivity index (χ2n) is 13.9. The Hall–Kier alpha value is -2.44. The predicted octanol–water partition coefficient (Wildman–Crippen LogP) is 21.4. The molecule has 2 saturated carbocycles. The summed E-state index contributed by atoms with van der Waals surface area (Å²) >= 11 is 0. The summed E-state index contributed by atoms with van der Waals surface area (Å²) in [7, 11) is 0. The smallest absolute Gasteiger partial charge is 0.265 e. The number of amides is 1. The van der Waals surface area contributed by atoms with Crippen LogP contribution in [0.5, 0.6) is 5.75 Å². The Morgan fingerprint density at radius 2 is 1.09 bits per heavy atom. The van der Waals surface area contributed by atoms with E-state index in [4.69, 9.17) is 9.47 Å². The van der Waals surface area contributed by atoms with Crippen LogP contribution in [0, 0.1) is 46.3 Å². The molecular formula is C59H147NO5. The summed E-state index contributed by atoms with van der Waals surface area (Å²) in [5.74, 6) is 0.686. The maximum atomic E-state index is 14.8. The number of rotatable bonds is 1. The van der Waals surface area contributed by atoms with Gasteiger partial charge < -0.3 is 19.9 Å². The van der Waals surface area contributed by atoms with Crippen LogP contribution < -0.4 is 10.1 Å². The van der Waals surface area contributed by atoms with Crippen molar-refractivity contribution in [2.45, 2.75) is 278 Å². The molecule has 418 valence electrons. The number of benzene rings is 1. The molecule has 0 aromatic heterocycles. The normalized spacial score (nSPS) is 30.5. The quantitative estimate of drug-likeness (QED) is 0.166. The number of allylic oxidation sites excluding steroid dienone is 3. The lowest BCUT2D eigenvalue weighted by Gasteiger charge is -2.50. The molecule has 0 radical (unpaired) electrons. The van der Waals surface area contributed by atoms with Crippen LogP contribution in [-0.2, 0) is 20.7 Å². The lowest BCUT2D eigenvalue weighted by atomic mass is 9.53. The zero-order valence-corrected chi connectivity index (χ0v) is 23.0. The minimum Gasteiger partial charge on any atom is -0.490 e. The fourth-order valence-corrected chi connectivity index (χ4v) is 10.3. The van der Waals surface area contributed by atoms with Crippen molar-refractivity contribution in [2.75, 3.05) is 0 Å². The fraction of sp³-hybridized carbons (Fsp3) is 0.797. The molecule has 12 unspecified atom stereocenters. The van der Waals surface area contributed by atoms with Gasteiger partial charge in [0, 0.05) is 29.6 Å². The second kappa shape index (κ2) is 42.9. The molecule has 6 nitrogen and oxygen atoms in total. The Labute approximate surface area is 423 Å². The Morgan fingerprint density at radius 1 is 0.677 bits per heavy atom. The summed E-state index contributed by atoms with van der Waals surface area (Å²) in [5, 5.41) is 14.3. The molecule has 0 spiro atoms. The van der Waals surface area contributed by atoms with Gasteiger partial charge in [-0.3, -0.25) is 9.59 Å². The molecule has 8 rings (SSSR count). The molecule has 4 aliphatic heterocycles. The standard InChI is InChI=1S/C32H39NO5.27CH4/c1-7-29(5)14-18(4)22-21-24(29)26(34)32-27(38-32)31(36,33-28(32)35)15-19-8-10-20(11-9-19)37-25(21)23-17(3)12-16(2)13-30(22,23)6;;;;;;;;;;;;;;;;;;;;;;;;;;;/h7-11,14,16-17,21-25,27,36H,1,12-13,15H2,2-6H3,(H,33,35);27*1H4. The zero-order valence-electron chi connectivity index (χ0n) is 23.0. The van der Waals surface area contributed by atoms with Gasteiger partial charge in [-0.25, -0.2) is 0 Å². The number of carbonyl (C=O) groups is 2. The molecule has 2 saturated heterocycles. The number of nitrogens with one attached hydrogen (secondary N) is 1. The molecule has 2 N–H and O–H groups in total. The molecule has 4 bridgehead atoms. The van der Waals surface area contributed by atoms with Gasteiger partial charge in [-0.2, -0.15) is 0 Å². The Bertz CT molecular complexity index is 1290. The van der Waals surface area contributed by atoms with E-state index >= 15 is 0 Å². The van der Waals surface area contributed by atoms with Crippen LogP contribution in [0.3, 0.4) is 0 Å². The number of ether oxygens (including phenoxy) is 2. The molecule has 4 fully saturated rings. The van der Waals surface area contributed by atoms with Crippen molar-refractivity contribution in [3.63, 3.8) is 0 Å². The first kappa shape index (κ1) is 137. The third kappa shape index (κ3) is 17.5. The van der Waals surface area contributed by atoms with E-state index < -0.39 is 34.7 Å². The van der Waals surface area contributed by atoms with E-state index in [1.54, 1.807) is 0 Å². The van der Waals surface area contributed by atoms with Gasteiger partial charge in [-0.05, 0) is 60.6 Å². The van der Waals surface area contributed by atoms with Crippen LogP contribution in [0.15, 0.2) is 48.6 Å². The van der Waals surface area contributed by atoms with Gasteiger partial charge in [-0.1, -0.05) is 258 Å². The van der Waals surface area contributed by atoms with Crippen LogP contribution in [-0.4, -0.2) is 40.3 Å². The summed E-state index contributed by atoms with van der Waals surface area (Å²) in [6.07, 6.45) is 5.33. The molecule has 1 aromatic rings. The molecule has 4 heterocycles. The van der Waals surface area contributed by atoms with Crippen molar-refractivity contribution < 1.29 is 24.2 Å². The topological polar surface area (TPSA) is 88.2 Å². The summed E-state index contributed by atoms with van der Waals surface area (Å²) in [6, 6.07) is 7.81. The van der Waals surface area contributed by atoms with Gasteiger partial charge in [0.05, 0.1) is 0 Å². The lowest BCUT2D eigenvalue weighted by Crippen LogP contribution is -2.54. The van der Waals surface area contributed by atoms with Crippen molar-refractivity contribution in [3.05, 3.63) is 54.1 Å². The van der Waals surface area contributed by atoms with E-state index in [0.29, 0.717) is 11.8 Å². The van der Waals surface area contributed by atoms with Crippen LogP contribution in [0.4, 0.5) is 0 Å². The third-order valence-corrected chi connectivity index (χ3v) is 11.3. The highest BCUT2D eigenvalue weighted by Gasteiger charge is 2.82. The van der Waals surface area contributed by atoms with Gasteiger partial charge in [-0.15, -0.1) is 6.58 Å². The Balaban J connectivity index is -0.0000000377. The predicted molar refractivity (Wildman–Crippen MR) is 324 cm³/mol. The number of aliphatic hydroxyl groups is 1. The molecule has 6 heteroatoms. The van der Waals surface area contributed by atoms with E-state index in [9.17, 15) is 14.7 Å². The van der Waals surface area contributed by atoms with Crippen LogP contribution in [0.2, 0.25) is 0 Å². The molecule has 65 heavy (non-hydrogen) atoms. The number of fused-ring (bicyclic) bond motifs is 4. The summed E-state index contributed by atoms with van der Waals surface area (Å²) in [6.45, 7) is 15.5. The van der Waals surface area contributed by atoms with Crippen LogP contribution >= 0.6 is 0 Å². The second-order valence-corrected chi connectivity index (χ2v) is 13.9. The van der Waals surface area contributed by atoms with Crippen molar-refractivity contribution in [1.29, 1.82) is 0 Å². The first-order valence-electron chi connectivity index (χ1n) is 14.2. The van der Waals surface area contributed by atoms with Gasteiger partial charge in [0.1, 0.15) is 11.9 Å². The molecule has 1 aromatic carbocycles. The number of Topliss-reactive ketones (excluding diaryl/α,β-unsaturated/α-hetero) is 1. The Morgan fingerprint density at radius 3 is 1.48 bits per heavy atom. The minimum atomic E-state index is -1.67. The van der Waals surface area contributed by atoms with Crippen molar-refractivity contribution >= 4 is 11.7 Å². The van der Waals surface area contributed by atoms with E-state index in [-0.39, 0.29) is 242 Å². The maximum absolute atomic E-state index is 14.8. The number of ketones is 1. The maximum Gasteiger partial charge on any atom is 0.265 e. The van der Waals surface area contributed by atoms with Crippen molar-refractivity contribution in [2.24, 2.45) is 46.3 Å². The first-order chi connectivity index (χ1) is 17.9. The number of morpholine rings is 1. The first-order valence-corrected chi connectivity index (χ1v) is 14.2. The van der Waals surface area contributed by atoms with E-state index in [0.717, 1.165) is 24.2 Å². The highest BCUT2D eigenvalue weighted by atomic mass is 16.6. The van der Waals surface area contributed by atoms with Gasteiger partial charge >= 0.3 is 0 Å². The van der Waals surface area contributed by atoms with Crippen molar-refractivity contribution in [3.8, 4) is 5.75 Å². The van der Waals surface area contributed by atoms with Crippen molar-refractivity contribution in [1.82, 2.24) is 5.32 Å². The zero-order chi connectivity index (χ0) is 27.0. The van der Waals surface area contributed by atoms with Crippen LogP contribution in [0.25, 0.3) is 0 Å². The van der Waals surface area contributed by atoms with Crippen LogP contribution in [0.1, 0.15) is 254 Å². The minimum absolute atomic E-state index is 0. The third-order valence-electron chi connectivity index (χ3n) is 11.3. The SMILES string of the molecule is C.C.C.C.C.C.C.C.C.C.C.C.C.C.C.C.C.C.C.C.C.C.C.C.C.C.C.C=CC1(C)C=C(C)C2C3C(Oc4ccc(cc4)CC4(O)NC(=O)C5(OC45)C(=O)C31)C1C(C)CC(C)CC21C. The van der Waals surface area contributed by atoms with E-state index in [1.807, 2.05) is 30.3 Å². The van der Waals surface area contributed by atoms with E-state index in [1.165, 1.54) is 5.57 Å². The molecular weight excluding hydrogens is 803 g/mol. The lowest BCUT2D eigenvalue weighted by molar-refractivity contribution is -0.144.